The number of hydrogen-bond acceptors (Lipinski definition) is 2. The molecule has 120 valence electrons. The van der Waals surface area contributed by atoms with E-state index in [1.165, 1.54) is 0 Å². The minimum Gasteiger partial charge on any atom is -0.273 e. The van der Waals surface area contributed by atoms with Crippen LogP contribution in [0.15, 0.2) is 0 Å². The highest BCUT2D eigenvalue weighted by Gasteiger charge is 2.43. The van der Waals surface area contributed by atoms with Crippen LogP contribution in [0.2, 0.25) is 0 Å². The number of carbonyl (C=O) groups is 1. The molecule has 1 aromatic rings. The largest absolute Gasteiger partial charge is 0.273 e. The maximum absolute atomic E-state index is 13.5. The zero-order valence-corrected chi connectivity index (χ0v) is 11.3. The van der Waals surface area contributed by atoms with E-state index in [9.17, 15) is 26.7 Å². The van der Waals surface area contributed by atoms with Gasteiger partial charge in [-0.05, 0) is 18.8 Å². The minimum atomic E-state index is -2.22. The van der Waals surface area contributed by atoms with Crippen LogP contribution < -0.4 is 0 Å². The maximum Gasteiger partial charge on any atom is 0.246 e. The first-order valence-electron chi connectivity index (χ1n) is 6.87. The molecule has 1 aliphatic heterocycles. The Hall–Kier alpha value is -1.70. The molecule has 0 N–H and O–H groups in total. The summed E-state index contributed by atoms with van der Waals surface area (Å²) in [7, 11) is 0. The normalized spacial score (nSPS) is 24.2. The molecule has 1 amide bonds. The first-order valence-corrected chi connectivity index (χ1v) is 6.87. The molecule has 3 rings (SSSR count). The van der Waals surface area contributed by atoms with Gasteiger partial charge < -0.3 is 0 Å². The summed E-state index contributed by atoms with van der Waals surface area (Å²) < 4.78 is 66.2. The molecule has 0 unspecified atom stereocenters. The molecule has 0 spiro atoms. The summed E-state index contributed by atoms with van der Waals surface area (Å²) in [5.74, 6) is -10.3. The second kappa shape index (κ2) is 5.49. The van der Waals surface area contributed by atoms with Crippen LogP contribution >= 0.6 is 0 Å². The molecule has 0 aromatic heterocycles. The summed E-state index contributed by atoms with van der Waals surface area (Å²) in [5.41, 5.74) is -1.08. The molecule has 1 aromatic carbocycles. The smallest absolute Gasteiger partial charge is 0.246 e. The Morgan fingerprint density at radius 1 is 0.955 bits per heavy atom. The van der Waals surface area contributed by atoms with Crippen LogP contribution in [-0.4, -0.2) is 17.0 Å². The van der Waals surface area contributed by atoms with Gasteiger partial charge in [-0.3, -0.25) is 9.63 Å². The average Bonchev–Trinajstić information content (AvgIpc) is 3.05. The summed E-state index contributed by atoms with van der Waals surface area (Å²) in [4.78, 5) is 16.8. The fraction of sp³-hybridized carbons (Fsp3) is 0.500. The van der Waals surface area contributed by atoms with Gasteiger partial charge in [-0.1, -0.05) is 6.42 Å². The lowest BCUT2D eigenvalue weighted by molar-refractivity contribution is -0.196. The highest BCUT2D eigenvalue weighted by Crippen LogP contribution is 2.39. The number of amides is 1. The van der Waals surface area contributed by atoms with Crippen LogP contribution in [0.25, 0.3) is 0 Å². The van der Waals surface area contributed by atoms with Gasteiger partial charge in [-0.15, -0.1) is 0 Å². The molecule has 1 heterocycles. The molecule has 8 heteroatoms. The van der Waals surface area contributed by atoms with Gasteiger partial charge in [0.1, 0.15) is 6.61 Å². The van der Waals surface area contributed by atoms with Crippen molar-refractivity contribution in [2.24, 2.45) is 5.92 Å². The maximum atomic E-state index is 13.5. The predicted molar refractivity (Wildman–Crippen MR) is 63.6 cm³/mol. The Labute approximate surface area is 122 Å². The summed E-state index contributed by atoms with van der Waals surface area (Å²) in [5, 5.41) is 1.02. The Morgan fingerprint density at radius 2 is 1.55 bits per heavy atom. The highest BCUT2D eigenvalue weighted by atomic mass is 19.2. The van der Waals surface area contributed by atoms with Crippen LogP contribution in [-0.2, 0) is 16.2 Å². The molecule has 3 nitrogen and oxygen atoms in total. The van der Waals surface area contributed by atoms with E-state index in [-0.39, 0.29) is 24.3 Å². The Balaban J connectivity index is 1.81. The van der Waals surface area contributed by atoms with Crippen molar-refractivity contribution in [2.45, 2.75) is 38.3 Å². The van der Waals surface area contributed by atoms with Crippen LogP contribution in [0.4, 0.5) is 22.0 Å². The van der Waals surface area contributed by atoms with Gasteiger partial charge in [0.25, 0.3) is 0 Å². The van der Waals surface area contributed by atoms with Crippen molar-refractivity contribution in [3.63, 3.8) is 0 Å². The Morgan fingerprint density at radius 3 is 2.18 bits per heavy atom. The van der Waals surface area contributed by atoms with E-state index in [0.29, 0.717) is 6.42 Å². The standard InChI is InChI=1S/C14H12F5NO2/c15-10-7(11(16)13(18)14(19)12(10)17)5-22-20-8-3-1-2-6(8)4-9(20)21/h6,8H,1-5H2/t6-,8-/m0/s1. The highest BCUT2D eigenvalue weighted by molar-refractivity contribution is 5.78. The van der Waals surface area contributed by atoms with Crippen molar-refractivity contribution >= 4 is 5.91 Å². The summed E-state index contributed by atoms with van der Waals surface area (Å²) >= 11 is 0. The first-order chi connectivity index (χ1) is 10.4. The van der Waals surface area contributed by atoms with Crippen molar-refractivity contribution in [1.82, 2.24) is 5.06 Å². The minimum absolute atomic E-state index is 0.129. The molecule has 2 fully saturated rings. The SMILES string of the molecule is O=C1C[C@@H]2CCC[C@@H]2N1OCc1c(F)c(F)c(F)c(F)c1F. The molecule has 0 radical (unpaired) electrons. The fourth-order valence-electron chi connectivity index (χ4n) is 3.14. The zero-order valence-electron chi connectivity index (χ0n) is 11.3. The van der Waals surface area contributed by atoms with Crippen molar-refractivity contribution < 1.29 is 31.6 Å². The number of nitrogens with zero attached hydrogens (tertiary/aromatic N) is 1. The van der Waals surface area contributed by atoms with E-state index in [1.807, 2.05) is 0 Å². The monoisotopic (exact) mass is 321 g/mol. The van der Waals surface area contributed by atoms with Crippen LogP contribution in [0, 0.1) is 35.0 Å². The van der Waals surface area contributed by atoms with Crippen LogP contribution in [0.1, 0.15) is 31.2 Å². The van der Waals surface area contributed by atoms with E-state index in [1.54, 1.807) is 0 Å². The second-order valence-corrected chi connectivity index (χ2v) is 5.50. The molecule has 2 atom stereocenters. The second-order valence-electron chi connectivity index (χ2n) is 5.50. The van der Waals surface area contributed by atoms with E-state index in [2.05, 4.69) is 0 Å². The molecule has 0 bridgehead atoms. The third kappa shape index (κ3) is 2.25. The number of hydrogen-bond donors (Lipinski definition) is 0. The molecule has 22 heavy (non-hydrogen) atoms. The Bertz CT molecular complexity index is 607. The summed E-state index contributed by atoms with van der Waals surface area (Å²) in [6.45, 7) is -0.888. The zero-order chi connectivity index (χ0) is 16.0. The van der Waals surface area contributed by atoms with Gasteiger partial charge >= 0.3 is 0 Å². The van der Waals surface area contributed by atoms with E-state index < -0.39 is 41.3 Å². The molecule has 1 saturated heterocycles. The van der Waals surface area contributed by atoms with Gasteiger partial charge in [-0.25, -0.2) is 27.0 Å². The van der Waals surface area contributed by atoms with Crippen molar-refractivity contribution in [3.05, 3.63) is 34.6 Å². The van der Waals surface area contributed by atoms with Crippen LogP contribution in [0.3, 0.4) is 0 Å². The lowest BCUT2D eigenvalue weighted by Crippen LogP contribution is -2.33. The molecular formula is C14H12F5NO2. The molecular weight excluding hydrogens is 309 g/mol. The number of halogens is 5. The molecule has 1 aliphatic carbocycles. The van der Waals surface area contributed by atoms with Crippen LogP contribution in [0.5, 0.6) is 0 Å². The number of carbonyl (C=O) groups excluding carboxylic acids is 1. The van der Waals surface area contributed by atoms with Crippen molar-refractivity contribution in [1.29, 1.82) is 0 Å². The first kappa shape index (κ1) is 15.2. The van der Waals surface area contributed by atoms with Crippen molar-refractivity contribution in [3.8, 4) is 0 Å². The number of rotatable bonds is 3. The van der Waals surface area contributed by atoms with E-state index in [0.717, 1.165) is 17.9 Å². The number of benzene rings is 1. The summed E-state index contributed by atoms with van der Waals surface area (Å²) in [6, 6.07) is -0.186. The topological polar surface area (TPSA) is 29.5 Å². The molecule has 2 aliphatic rings. The summed E-state index contributed by atoms with van der Waals surface area (Å²) in [6.07, 6.45) is 2.75. The third-order valence-corrected chi connectivity index (χ3v) is 4.25. The Kier molecular flexibility index (Phi) is 3.80. The third-order valence-electron chi connectivity index (χ3n) is 4.25. The average molecular weight is 321 g/mol. The lowest BCUT2D eigenvalue weighted by Gasteiger charge is -2.23. The van der Waals surface area contributed by atoms with E-state index in [4.69, 9.17) is 4.84 Å². The van der Waals surface area contributed by atoms with Crippen molar-refractivity contribution in [2.75, 3.05) is 0 Å². The molecule has 1 saturated carbocycles. The van der Waals surface area contributed by atoms with E-state index >= 15 is 0 Å². The van der Waals surface area contributed by atoms with Gasteiger partial charge in [0.15, 0.2) is 23.3 Å². The van der Waals surface area contributed by atoms with Gasteiger partial charge in [0.2, 0.25) is 11.7 Å². The van der Waals surface area contributed by atoms with Gasteiger partial charge in [-0.2, -0.15) is 0 Å². The lowest BCUT2D eigenvalue weighted by atomic mass is 10.1. The van der Waals surface area contributed by atoms with Gasteiger partial charge in [0, 0.05) is 6.42 Å². The predicted octanol–water partition coefficient (Wildman–Crippen LogP) is 3.21. The van der Waals surface area contributed by atoms with Gasteiger partial charge in [0.05, 0.1) is 11.6 Å². The number of hydroxylamine groups is 2. The number of fused-ring (bicyclic) bond motifs is 1. The quantitative estimate of drug-likeness (QED) is 0.486. The fourth-order valence-corrected chi connectivity index (χ4v) is 3.14.